The lowest BCUT2D eigenvalue weighted by atomic mass is 10.1. The lowest BCUT2D eigenvalue weighted by molar-refractivity contribution is 0.171. The normalized spacial score (nSPS) is 22.8. The van der Waals surface area contributed by atoms with Crippen molar-refractivity contribution < 1.29 is 9.47 Å². The Balaban J connectivity index is 1.58. The second-order valence-electron chi connectivity index (χ2n) is 4.77. The summed E-state index contributed by atoms with van der Waals surface area (Å²) in [5.41, 5.74) is 1.27. The third-order valence-electron chi connectivity index (χ3n) is 3.36. The van der Waals surface area contributed by atoms with Gasteiger partial charge in [-0.25, -0.2) is 0 Å². The van der Waals surface area contributed by atoms with Crippen molar-refractivity contribution in [3.63, 3.8) is 0 Å². The molecule has 1 atom stereocenters. The summed E-state index contributed by atoms with van der Waals surface area (Å²) in [5.74, 6) is 4.32. The Labute approximate surface area is 112 Å². The third-order valence-corrected chi connectivity index (χ3v) is 4.58. The molecule has 18 heavy (non-hydrogen) atoms. The summed E-state index contributed by atoms with van der Waals surface area (Å²) in [6, 6.07) is 6.90. The molecule has 0 aliphatic carbocycles. The van der Waals surface area contributed by atoms with Gasteiger partial charge in [0.2, 0.25) is 0 Å². The molecule has 1 unspecified atom stereocenters. The van der Waals surface area contributed by atoms with Gasteiger partial charge >= 0.3 is 0 Å². The lowest BCUT2D eigenvalue weighted by Crippen LogP contribution is -2.33. The van der Waals surface area contributed by atoms with Crippen molar-refractivity contribution in [3.8, 4) is 11.5 Å². The molecular weight excluding hydrogens is 246 g/mol. The molecule has 0 saturated carbocycles. The van der Waals surface area contributed by atoms with E-state index in [2.05, 4.69) is 29.2 Å². The van der Waals surface area contributed by atoms with Crippen LogP contribution in [-0.4, -0.2) is 30.8 Å². The fraction of sp³-hybridized carbons (Fsp3) is 0.571. The van der Waals surface area contributed by atoms with Crippen LogP contribution in [0.5, 0.6) is 11.5 Å². The number of nitrogens with one attached hydrogen (secondary N) is 1. The molecule has 2 aliphatic heterocycles. The summed E-state index contributed by atoms with van der Waals surface area (Å²) in [5, 5.41) is 3.63. The molecular formula is C14H19NO2S. The summed E-state index contributed by atoms with van der Waals surface area (Å²) in [4.78, 5) is 0. The lowest BCUT2D eigenvalue weighted by Gasteiger charge is -2.23. The number of rotatable bonds is 3. The molecule has 0 spiro atoms. The quantitative estimate of drug-likeness (QED) is 0.909. The number of hydrogen-bond donors (Lipinski definition) is 1. The van der Waals surface area contributed by atoms with Gasteiger partial charge in [0, 0.05) is 18.3 Å². The summed E-state index contributed by atoms with van der Waals surface area (Å²) in [6.07, 6.45) is 2.64. The van der Waals surface area contributed by atoms with Crippen molar-refractivity contribution in [3.05, 3.63) is 23.8 Å². The monoisotopic (exact) mass is 265 g/mol. The smallest absolute Gasteiger partial charge is 0.161 e. The van der Waals surface area contributed by atoms with Gasteiger partial charge in [0.05, 0.1) is 0 Å². The largest absolute Gasteiger partial charge is 0.486 e. The van der Waals surface area contributed by atoms with Crippen LogP contribution in [0.15, 0.2) is 18.2 Å². The fourth-order valence-corrected chi connectivity index (χ4v) is 3.47. The second-order valence-corrected chi connectivity index (χ2v) is 5.92. The molecule has 3 nitrogen and oxygen atoms in total. The SMILES string of the molecule is c1cc2c(cc1CNC1CCCSC1)OCCO2. The average Bonchev–Trinajstić information content (AvgIpc) is 2.46. The van der Waals surface area contributed by atoms with Gasteiger partial charge < -0.3 is 14.8 Å². The highest BCUT2D eigenvalue weighted by molar-refractivity contribution is 7.99. The van der Waals surface area contributed by atoms with Gasteiger partial charge in [0.1, 0.15) is 13.2 Å². The maximum atomic E-state index is 5.60. The summed E-state index contributed by atoms with van der Waals surface area (Å²) in [6.45, 7) is 2.23. The van der Waals surface area contributed by atoms with E-state index in [0.29, 0.717) is 19.3 Å². The first-order chi connectivity index (χ1) is 8.92. The zero-order valence-corrected chi connectivity index (χ0v) is 11.3. The van der Waals surface area contributed by atoms with E-state index in [-0.39, 0.29) is 0 Å². The second kappa shape index (κ2) is 5.85. The average molecular weight is 265 g/mol. The van der Waals surface area contributed by atoms with E-state index in [1.54, 1.807) is 0 Å². The summed E-state index contributed by atoms with van der Waals surface area (Å²) in [7, 11) is 0. The predicted molar refractivity (Wildman–Crippen MR) is 74.6 cm³/mol. The van der Waals surface area contributed by atoms with E-state index in [1.165, 1.54) is 29.9 Å². The van der Waals surface area contributed by atoms with Gasteiger partial charge in [-0.05, 0) is 36.3 Å². The molecule has 1 aromatic rings. The number of benzene rings is 1. The Morgan fingerprint density at radius 2 is 2.11 bits per heavy atom. The van der Waals surface area contributed by atoms with Gasteiger partial charge in [-0.3, -0.25) is 0 Å². The molecule has 1 saturated heterocycles. The Kier molecular flexibility index (Phi) is 3.96. The van der Waals surface area contributed by atoms with Crippen molar-refractivity contribution in [1.82, 2.24) is 5.32 Å². The van der Waals surface area contributed by atoms with Crippen molar-refractivity contribution >= 4 is 11.8 Å². The van der Waals surface area contributed by atoms with Gasteiger partial charge in [-0.1, -0.05) is 6.07 Å². The first-order valence-electron chi connectivity index (χ1n) is 6.61. The first-order valence-corrected chi connectivity index (χ1v) is 7.77. The highest BCUT2D eigenvalue weighted by Crippen LogP contribution is 2.30. The molecule has 0 amide bonds. The molecule has 4 heteroatoms. The third kappa shape index (κ3) is 2.93. The Bertz CT molecular complexity index is 405. The van der Waals surface area contributed by atoms with Crippen LogP contribution in [-0.2, 0) is 6.54 Å². The van der Waals surface area contributed by atoms with E-state index in [0.717, 1.165) is 18.0 Å². The number of thioether (sulfide) groups is 1. The molecule has 0 bridgehead atoms. The minimum Gasteiger partial charge on any atom is -0.486 e. The van der Waals surface area contributed by atoms with Crippen LogP contribution < -0.4 is 14.8 Å². The molecule has 0 aromatic heterocycles. The van der Waals surface area contributed by atoms with Crippen LogP contribution in [0.25, 0.3) is 0 Å². The van der Waals surface area contributed by atoms with Crippen LogP contribution in [0.4, 0.5) is 0 Å². The van der Waals surface area contributed by atoms with E-state index >= 15 is 0 Å². The first kappa shape index (κ1) is 12.2. The van der Waals surface area contributed by atoms with Crippen molar-refractivity contribution in [1.29, 1.82) is 0 Å². The standard InChI is InChI=1S/C14H19NO2S/c1-2-12(10-18-7-1)15-9-11-3-4-13-14(8-11)17-6-5-16-13/h3-4,8,12,15H,1-2,5-7,9-10H2. The zero-order valence-electron chi connectivity index (χ0n) is 10.5. The van der Waals surface area contributed by atoms with Crippen molar-refractivity contribution in [2.75, 3.05) is 24.7 Å². The van der Waals surface area contributed by atoms with Crippen molar-refractivity contribution in [2.45, 2.75) is 25.4 Å². The molecule has 1 N–H and O–H groups in total. The van der Waals surface area contributed by atoms with Crippen LogP contribution in [0, 0.1) is 0 Å². The molecule has 98 valence electrons. The van der Waals surface area contributed by atoms with E-state index in [4.69, 9.17) is 9.47 Å². The van der Waals surface area contributed by atoms with Crippen LogP contribution in [0.2, 0.25) is 0 Å². The number of ether oxygens (including phenoxy) is 2. The van der Waals surface area contributed by atoms with Crippen LogP contribution in [0.1, 0.15) is 18.4 Å². The van der Waals surface area contributed by atoms with Gasteiger partial charge in [0.15, 0.2) is 11.5 Å². The Hall–Kier alpha value is -0.870. The van der Waals surface area contributed by atoms with Crippen molar-refractivity contribution in [2.24, 2.45) is 0 Å². The predicted octanol–water partition coefficient (Wildman–Crippen LogP) is 2.44. The highest BCUT2D eigenvalue weighted by atomic mass is 32.2. The fourth-order valence-electron chi connectivity index (χ4n) is 2.36. The molecule has 3 rings (SSSR count). The van der Waals surface area contributed by atoms with E-state index < -0.39 is 0 Å². The van der Waals surface area contributed by atoms with Gasteiger partial charge in [-0.2, -0.15) is 11.8 Å². The summed E-state index contributed by atoms with van der Waals surface area (Å²) < 4.78 is 11.1. The minimum absolute atomic E-state index is 0.656. The van der Waals surface area contributed by atoms with Gasteiger partial charge in [-0.15, -0.1) is 0 Å². The highest BCUT2D eigenvalue weighted by Gasteiger charge is 2.14. The Morgan fingerprint density at radius 1 is 1.22 bits per heavy atom. The topological polar surface area (TPSA) is 30.5 Å². The minimum atomic E-state index is 0.656. The summed E-state index contributed by atoms with van der Waals surface area (Å²) >= 11 is 2.05. The molecule has 0 radical (unpaired) electrons. The number of hydrogen-bond acceptors (Lipinski definition) is 4. The molecule has 2 heterocycles. The van der Waals surface area contributed by atoms with E-state index in [9.17, 15) is 0 Å². The van der Waals surface area contributed by atoms with Gasteiger partial charge in [0.25, 0.3) is 0 Å². The zero-order chi connectivity index (χ0) is 12.2. The van der Waals surface area contributed by atoms with Crippen LogP contribution >= 0.6 is 11.8 Å². The van der Waals surface area contributed by atoms with Crippen LogP contribution in [0.3, 0.4) is 0 Å². The molecule has 1 aromatic carbocycles. The maximum absolute atomic E-state index is 5.60. The molecule has 1 fully saturated rings. The number of fused-ring (bicyclic) bond motifs is 1. The Morgan fingerprint density at radius 3 is 2.94 bits per heavy atom. The maximum Gasteiger partial charge on any atom is 0.161 e. The van der Waals surface area contributed by atoms with E-state index in [1.807, 2.05) is 6.07 Å². The molecule has 2 aliphatic rings.